The molecular weight excluding hydrogens is 270 g/mol. The summed E-state index contributed by atoms with van der Waals surface area (Å²) in [6.07, 6.45) is 2.20. The summed E-state index contributed by atoms with van der Waals surface area (Å²) < 4.78 is 0. The largest absolute Gasteiger partial charge is 0.480 e. The van der Waals surface area contributed by atoms with E-state index in [4.69, 9.17) is 0 Å². The van der Waals surface area contributed by atoms with Crippen molar-refractivity contribution in [1.29, 1.82) is 0 Å². The van der Waals surface area contributed by atoms with E-state index in [1.54, 1.807) is 7.05 Å². The van der Waals surface area contributed by atoms with Crippen LogP contribution < -0.4 is 5.32 Å². The minimum absolute atomic E-state index is 0.612. The van der Waals surface area contributed by atoms with E-state index in [2.05, 4.69) is 36.5 Å². The molecule has 0 saturated heterocycles. The van der Waals surface area contributed by atoms with Crippen molar-refractivity contribution in [2.24, 2.45) is 0 Å². The molecule has 0 bridgehead atoms. The molecule has 0 radical (unpaired) electrons. The van der Waals surface area contributed by atoms with Crippen LogP contribution in [0.25, 0.3) is 0 Å². The molecule has 112 valence electrons. The first-order valence-corrected chi connectivity index (χ1v) is 8.25. The van der Waals surface area contributed by atoms with Gasteiger partial charge < -0.3 is 10.4 Å². The van der Waals surface area contributed by atoms with Crippen LogP contribution in [0.2, 0.25) is 0 Å². The molecule has 0 fully saturated rings. The van der Waals surface area contributed by atoms with Crippen molar-refractivity contribution in [3.63, 3.8) is 0 Å². The third-order valence-electron chi connectivity index (χ3n) is 3.90. The van der Waals surface area contributed by atoms with Gasteiger partial charge >= 0.3 is 5.97 Å². The SMILES string of the molecule is CCC(CCCSCc1ccccc1C)(NC)C(=O)O. The standard InChI is InChI=1S/C16H25NO2S/c1-4-16(17-3,15(18)19)10-7-11-20-12-14-9-6-5-8-13(14)2/h5-6,8-9,17H,4,7,10-12H2,1-3H3,(H,18,19). The molecule has 2 N–H and O–H groups in total. The van der Waals surface area contributed by atoms with Crippen molar-refractivity contribution in [2.45, 2.75) is 44.4 Å². The highest BCUT2D eigenvalue weighted by Crippen LogP contribution is 2.21. The Morgan fingerprint density at radius 2 is 2.10 bits per heavy atom. The second-order valence-corrected chi connectivity index (χ2v) is 6.18. The summed E-state index contributed by atoms with van der Waals surface area (Å²) in [4.78, 5) is 11.3. The van der Waals surface area contributed by atoms with Crippen LogP contribution >= 0.6 is 11.8 Å². The first-order chi connectivity index (χ1) is 9.55. The van der Waals surface area contributed by atoms with Crippen molar-refractivity contribution in [2.75, 3.05) is 12.8 Å². The minimum atomic E-state index is -0.761. The van der Waals surface area contributed by atoms with Crippen LogP contribution in [0.3, 0.4) is 0 Å². The lowest BCUT2D eigenvalue weighted by molar-refractivity contribution is -0.145. The van der Waals surface area contributed by atoms with Gasteiger partial charge in [-0.3, -0.25) is 4.79 Å². The number of carbonyl (C=O) groups is 1. The molecule has 0 aliphatic rings. The number of aliphatic carboxylic acids is 1. The number of carboxylic acids is 1. The van der Waals surface area contributed by atoms with Crippen molar-refractivity contribution in [3.05, 3.63) is 35.4 Å². The molecule has 0 aromatic heterocycles. The zero-order chi connectivity index (χ0) is 15.0. The number of aryl methyl sites for hydroxylation is 1. The Hall–Kier alpha value is -1.00. The van der Waals surface area contributed by atoms with Gasteiger partial charge in [0.05, 0.1) is 0 Å². The highest BCUT2D eigenvalue weighted by atomic mass is 32.2. The number of carboxylic acid groups (broad SMARTS) is 1. The van der Waals surface area contributed by atoms with Gasteiger partial charge in [-0.25, -0.2) is 0 Å². The number of hydrogen-bond acceptors (Lipinski definition) is 3. The molecule has 0 spiro atoms. The Labute approximate surface area is 126 Å². The molecule has 3 nitrogen and oxygen atoms in total. The maximum atomic E-state index is 11.3. The van der Waals surface area contributed by atoms with Gasteiger partial charge in [0, 0.05) is 5.75 Å². The van der Waals surface area contributed by atoms with Gasteiger partial charge in [-0.05, 0) is 50.1 Å². The van der Waals surface area contributed by atoms with E-state index in [0.29, 0.717) is 12.8 Å². The molecular formula is C16H25NO2S. The molecule has 0 heterocycles. The summed E-state index contributed by atoms with van der Waals surface area (Å²) in [5.41, 5.74) is 1.93. The molecule has 0 aliphatic heterocycles. The molecule has 20 heavy (non-hydrogen) atoms. The fourth-order valence-corrected chi connectivity index (χ4v) is 3.31. The Morgan fingerprint density at radius 3 is 2.65 bits per heavy atom. The zero-order valence-corrected chi connectivity index (χ0v) is 13.4. The van der Waals surface area contributed by atoms with Gasteiger partial charge in [-0.15, -0.1) is 0 Å². The van der Waals surface area contributed by atoms with Crippen LogP contribution in [0, 0.1) is 6.92 Å². The highest BCUT2D eigenvalue weighted by molar-refractivity contribution is 7.98. The number of thioether (sulfide) groups is 1. The van der Waals surface area contributed by atoms with Gasteiger partial charge in [0.2, 0.25) is 0 Å². The number of rotatable bonds is 9. The van der Waals surface area contributed by atoms with E-state index in [-0.39, 0.29) is 0 Å². The summed E-state index contributed by atoms with van der Waals surface area (Å²) in [5, 5.41) is 12.3. The topological polar surface area (TPSA) is 49.3 Å². The van der Waals surface area contributed by atoms with Crippen molar-refractivity contribution in [1.82, 2.24) is 5.32 Å². The predicted molar refractivity (Wildman–Crippen MR) is 86.3 cm³/mol. The van der Waals surface area contributed by atoms with Gasteiger partial charge in [0.1, 0.15) is 5.54 Å². The summed E-state index contributed by atoms with van der Waals surface area (Å²) >= 11 is 1.87. The highest BCUT2D eigenvalue weighted by Gasteiger charge is 2.33. The number of nitrogens with one attached hydrogen (secondary N) is 1. The lowest BCUT2D eigenvalue weighted by Crippen LogP contribution is -2.49. The molecule has 0 saturated carbocycles. The van der Waals surface area contributed by atoms with Crippen molar-refractivity contribution in [3.8, 4) is 0 Å². The van der Waals surface area contributed by atoms with E-state index >= 15 is 0 Å². The number of likely N-dealkylation sites (N-methyl/N-ethyl adjacent to an activating group) is 1. The Balaban J connectivity index is 2.35. The molecule has 0 amide bonds. The second-order valence-electron chi connectivity index (χ2n) is 5.07. The Bertz CT molecular complexity index is 430. The van der Waals surface area contributed by atoms with Crippen LogP contribution in [-0.4, -0.2) is 29.4 Å². The van der Waals surface area contributed by atoms with Crippen molar-refractivity contribution >= 4 is 17.7 Å². The molecule has 1 unspecified atom stereocenters. The number of hydrogen-bond donors (Lipinski definition) is 2. The molecule has 1 atom stereocenters. The Kier molecular flexibility index (Phi) is 7.10. The number of benzene rings is 1. The summed E-state index contributed by atoms with van der Waals surface area (Å²) in [5.74, 6) is 1.25. The maximum Gasteiger partial charge on any atom is 0.323 e. The van der Waals surface area contributed by atoms with E-state index in [1.165, 1.54) is 11.1 Å². The van der Waals surface area contributed by atoms with Crippen LogP contribution in [-0.2, 0) is 10.5 Å². The Morgan fingerprint density at radius 1 is 1.40 bits per heavy atom. The fourth-order valence-electron chi connectivity index (χ4n) is 2.27. The van der Waals surface area contributed by atoms with Crippen molar-refractivity contribution < 1.29 is 9.90 Å². The maximum absolute atomic E-state index is 11.3. The molecule has 1 aromatic rings. The van der Waals surface area contributed by atoms with E-state index in [9.17, 15) is 9.90 Å². The van der Waals surface area contributed by atoms with Gasteiger partial charge in [-0.2, -0.15) is 11.8 Å². The van der Waals surface area contributed by atoms with Gasteiger partial charge in [0.15, 0.2) is 0 Å². The third kappa shape index (κ3) is 4.53. The normalized spacial score (nSPS) is 13.9. The summed E-state index contributed by atoms with van der Waals surface area (Å²) in [7, 11) is 1.73. The second kappa shape index (κ2) is 8.32. The van der Waals surface area contributed by atoms with Crippen LogP contribution in [0.4, 0.5) is 0 Å². The first-order valence-electron chi connectivity index (χ1n) is 7.10. The van der Waals surface area contributed by atoms with Crippen LogP contribution in [0.1, 0.15) is 37.3 Å². The summed E-state index contributed by atoms with van der Waals surface area (Å²) in [6, 6.07) is 8.41. The van der Waals surface area contributed by atoms with E-state index in [0.717, 1.165) is 17.9 Å². The minimum Gasteiger partial charge on any atom is -0.480 e. The van der Waals surface area contributed by atoms with Crippen LogP contribution in [0.5, 0.6) is 0 Å². The monoisotopic (exact) mass is 295 g/mol. The molecule has 1 rings (SSSR count). The lowest BCUT2D eigenvalue weighted by atomic mass is 9.91. The molecule has 4 heteroatoms. The summed E-state index contributed by atoms with van der Waals surface area (Å²) in [6.45, 7) is 4.05. The molecule has 1 aromatic carbocycles. The van der Waals surface area contributed by atoms with Crippen LogP contribution in [0.15, 0.2) is 24.3 Å². The average molecular weight is 295 g/mol. The molecule has 0 aliphatic carbocycles. The zero-order valence-electron chi connectivity index (χ0n) is 12.6. The first kappa shape index (κ1) is 17.1. The third-order valence-corrected chi connectivity index (χ3v) is 5.00. The van der Waals surface area contributed by atoms with Gasteiger partial charge in [0.25, 0.3) is 0 Å². The lowest BCUT2D eigenvalue weighted by Gasteiger charge is -2.27. The predicted octanol–water partition coefficient (Wildman–Crippen LogP) is 3.46. The quantitative estimate of drug-likeness (QED) is 0.685. The van der Waals surface area contributed by atoms with E-state index < -0.39 is 11.5 Å². The van der Waals surface area contributed by atoms with Gasteiger partial charge in [-0.1, -0.05) is 31.2 Å². The fraction of sp³-hybridized carbons (Fsp3) is 0.562. The smallest absolute Gasteiger partial charge is 0.323 e. The van der Waals surface area contributed by atoms with E-state index in [1.807, 2.05) is 18.7 Å². The average Bonchev–Trinajstić information content (AvgIpc) is 2.45.